The molecule has 7 heteroatoms. The van der Waals surface area contributed by atoms with Crippen molar-refractivity contribution in [3.05, 3.63) is 0 Å². The second-order valence-corrected chi connectivity index (χ2v) is 9.64. The molecule has 0 bridgehead atoms. The van der Waals surface area contributed by atoms with Crippen molar-refractivity contribution in [2.24, 2.45) is 0 Å². The maximum atomic E-state index is 11.5. The summed E-state index contributed by atoms with van der Waals surface area (Å²) in [6.07, 6.45) is 0.747. The van der Waals surface area contributed by atoms with E-state index < -0.39 is 26.3 Å². The lowest BCUT2D eigenvalue weighted by Gasteiger charge is -2.18. The van der Waals surface area contributed by atoms with Gasteiger partial charge in [0, 0.05) is 6.61 Å². The number of nitrogens with one attached hydrogen (secondary N) is 1. The van der Waals surface area contributed by atoms with Crippen LogP contribution in [0.15, 0.2) is 0 Å². The molecule has 0 aromatic rings. The summed E-state index contributed by atoms with van der Waals surface area (Å²) in [6.45, 7) is 7.59. The van der Waals surface area contributed by atoms with Crippen LogP contribution in [-0.4, -0.2) is 53.7 Å². The highest BCUT2D eigenvalue weighted by Crippen LogP contribution is 2.03. The molecule has 0 saturated heterocycles. The maximum Gasteiger partial charge on any atom is 0.323 e. The predicted octanol–water partition coefficient (Wildman–Crippen LogP) is 0.922. The smallest absolute Gasteiger partial charge is 0.323 e. The minimum absolute atomic E-state index is 0.0297. The molecule has 0 amide bonds. The molecule has 0 radical (unpaired) electrons. The topological polar surface area (TPSA) is 73.9 Å². The van der Waals surface area contributed by atoms with Crippen LogP contribution in [0.2, 0.25) is 19.6 Å². The predicted molar refractivity (Wildman–Crippen MR) is 74.4 cm³/mol. The van der Waals surface area contributed by atoms with E-state index in [-0.39, 0.29) is 6.42 Å². The number of methoxy groups -OCH3 is 2. The number of ether oxygens (including phenoxy) is 2. The quantitative estimate of drug-likeness (QED) is 0.387. The SMILES string of the molecule is COC(=O)CC(NCCCO[Si](C)(C)C)C(=O)OC. The van der Waals surface area contributed by atoms with Gasteiger partial charge in [-0.05, 0) is 32.6 Å². The van der Waals surface area contributed by atoms with Crippen molar-refractivity contribution in [2.75, 3.05) is 27.4 Å². The number of rotatable bonds is 9. The first-order valence-corrected chi connectivity index (χ1v) is 9.73. The van der Waals surface area contributed by atoms with E-state index in [0.717, 1.165) is 6.42 Å². The number of carbonyl (C=O) groups is 2. The highest BCUT2D eigenvalue weighted by Gasteiger charge is 2.22. The summed E-state index contributed by atoms with van der Waals surface area (Å²) in [4.78, 5) is 22.6. The third-order valence-corrected chi connectivity index (χ3v) is 3.40. The second kappa shape index (κ2) is 9.06. The van der Waals surface area contributed by atoms with Gasteiger partial charge < -0.3 is 19.2 Å². The molecule has 6 nitrogen and oxygen atoms in total. The normalized spacial score (nSPS) is 12.9. The first-order valence-electron chi connectivity index (χ1n) is 6.32. The van der Waals surface area contributed by atoms with Crippen molar-refractivity contribution >= 4 is 20.3 Å². The molecule has 19 heavy (non-hydrogen) atoms. The van der Waals surface area contributed by atoms with Crippen molar-refractivity contribution in [1.82, 2.24) is 5.32 Å². The Morgan fingerprint density at radius 2 is 1.79 bits per heavy atom. The van der Waals surface area contributed by atoms with Gasteiger partial charge in [0.2, 0.25) is 0 Å². The maximum absolute atomic E-state index is 11.5. The molecule has 0 heterocycles. The largest absolute Gasteiger partial charge is 0.469 e. The fourth-order valence-corrected chi connectivity index (χ4v) is 2.11. The van der Waals surface area contributed by atoms with Gasteiger partial charge in [0.15, 0.2) is 8.32 Å². The van der Waals surface area contributed by atoms with Crippen LogP contribution >= 0.6 is 0 Å². The number of hydrogen-bond donors (Lipinski definition) is 1. The summed E-state index contributed by atoms with van der Waals surface area (Å²) >= 11 is 0. The van der Waals surface area contributed by atoms with Crippen LogP contribution in [0.3, 0.4) is 0 Å². The zero-order valence-corrected chi connectivity index (χ0v) is 13.4. The number of hydrogen-bond acceptors (Lipinski definition) is 6. The molecule has 0 aliphatic rings. The van der Waals surface area contributed by atoms with Crippen LogP contribution in [0.4, 0.5) is 0 Å². The van der Waals surface area contributed by atoms with Crippen LogP contribution in [-0.2, 0) is 23.5 Å². The summed E-state index contributed by atoms with van der Waals surface area (Å²) in [5, 5.41) is 2.98. The fourth-order valence-electron chi connectivity index (χ4n) is 1.36. The third kappa shape index (κ3) is 9.63. The molecule has 0 aliphatic heterocycles. The fraction of sp³-hybridized carbons (Fsp3) is 0.833. The first-order chi connectivity index (χ1) is 8.80. The zero-order valence-electron chi connectivity index (χ0n) is 12.4. The number of carbonyl (C=O) groups excluding carboxylic acids is 2. The molecule has 0 fully saturated rings. The summed E-state index contributed by atoms with van der Waals surface area (Å²) in [6, 6.07) is -0.663. The Hall–Kier alpha value is -0.923. The molecule has 0 aliphatic carbocycles. The summed E-state index contributed by atoms with van der Waals surface area (Å²) in [7, 11) is 1.10. The Morgan fingerprint density at radius 3 is 2.26 bits per heavy atom. The van der Waals surface area contributed by atoms with Gasteiger partial charge in [0.25, 0.3) is 0 Å². The van der Waals surface area contributed by atoms with Crippen LogP contribution < -0.4 is 5.32 Å². The Morgan fingerprint density at radius 1 is 1.16 bits per heavy atom. The molecular weight excluding hydrogens is 266 g/mol. The van der Waals surface area contributed by atoms with Gasteiger partial charge in [-0.1, -0.05) is 0 Å². The Balaban J connectivity index is 4.00. The molecule has 0 spiro atoms. The minimum atomic E-state index is -1.49. The third-order valence-electron chi connectivity index (χ3n) is 2.33. The molecule has 1 N–H and O–H groups in total. The van der Waals surface area contributed by atoms with Crippen molar-refractivity contribution < 1.29 is 23.5 Å². The summed E-state index contributed by atoms with van der Waals surface area (Å²) in [5.41, 5.74) is 0. The van der Waals surface area contributed by atoms with Crippen LogP contribution in [0.5, 0.6) is 0 Å². The standard InChI is InChI=1S/C12H25NO5Si/c1-16-11(14)9-10(12(15)17-2)13-7-6-8-18-19(3,4)5/h10,13H,6-9H2,1-5H3. The lowest BCUT2D eigenvalue weighted by Crippen LogP contribution is -2.40. The average Bonchev–Trinajstić information content (AvgIpc) is 2.34. The molecule has 0 rings (SSSR count). The van der Waals surface area contributed by atoms with Crippen molar-refractivity contribution in [1.29, 1.82) is 0 Å². The summed E-state index contributed by atoms with van der Waals surface area (Å²) < 4.78 is 14.9. The monoisotopic (exact) mass is 291 g/mol. The first kappa shape index (κ1) is 18.1. The Labute approximate surface area is 115 Å². The summed E-state index contributed by atoms with van der Waals surface area (Å²) in [5.74, 6) is -0.905. The van der Waals surface area contributed by atoms with Gasteiger partial charge in [-0.2, -0.15) is 0 Å². The van der Waals surface area contributed by atoms with Gasteiger partial charge >= 0.3 is 11.9 Å². The second-order valence-electron chi connectivity index (χ2n) is 5.12. The van der Waals surface area contributed by atoms with E-state index in [9.17, 15) is 9.59 Å². The van der Waals surface area contributed by atoms with Crippen LogP contribution in [0.25, 0.3) is 0 Å². The highest BCUT2D eigenvalue weighted by atomic mass is 28.4. The molecule has 112 valence electrons. The van der Waals surface area contributed by atoms with E-state index in [4.69, 9.17) is 4.43 Å². The van der Waals surface area contributed by atoms with E-state index in [1.807, 2.05) is 0 Å². The van der Waals surface area contributed by atoms with Crippen molar-refractivity contribution in [3.8, 4) is 0 Å². The molecule has 0 saturated carbocycles. The van der Waals surface area contributed by atoms with Gasteiger partial charge in [0.05, 0.1) is 20.6 Å². The van der Waals surface area contributed by atoms with Crippen LogP contribution in [0, 0.1) is 0 Å². The Bertz CT molecular complexity index is 290. The molecule has 1 unspecified atom stereocenters. The van der Waals surface area contributed by atoms with Gasteiger partial charge in [-0.25, -0.2) is 0 Å². The van der Waals surface area contributed by atoms with Crippen molar-refractivity contribution in [3.63, 3.8) is 0 Å². The Kier molecular flexibility index (Phi) is 8.62. The van der Waals surface area contributed by atoms with E-state index >= 15 is 0 Å². The minimum Gasteiger partial charge on any atom is -0.469 e. The van der Waals surface area contributed by atoms with Crippen LogP contribution in [0.1, 0.15) is 12.8 Å². The van der Waals surface area contributed by atoms with Crippen molar-refractivity contribution in [2.45, 2.75) is 38.5 Å². The molecule has 0 aromatic carbocycles. The lowest BCUT2D eigenvalue weighted by atomic mass is 10.2. The average molecular weight is 291 g/mol. The van der Waals surface area contributed by atoms with Gasteiger partial charge in [0.1, 0.15) is 6.04 Å². The highest BCUT2D eigenvalue weighted by molar-refractivity contribution is 6.69. The van der Waals surface area contributed by atoms with E-state index in [1.165, 1.54) is 14.2 Å². The molecular formula is C12H25NO5Si. The molecule has 1 atom stereocenters. The lowest BCUT2D eigenvalue weighted by molar-refractivity contribution is -0.149. The molecule has 0 aromatic heterocycles. The van der Waals surface area contributed by atoms with E-state index in [1.54, 1.807) is 0 Å². The number of esters is 2. The van der Waals surface area contributed by atoms with Gasteiger partial charge in [-0.3, -0.25) is 9.59 Å². The van der Waals surface area contributed by atoms with E-state index in [2.05, 4.69) is 34.4 Å². The van der Waals surface area contributed by atoms with E-state index in [0.29, 0.717) is 13.2 Å². The van der Waals surface area contributed by atoms with Gasteiger partial charge in [-0.15, -0.1) is 0 Å². The zero-order chi connectivity index (χ0) is 14.9.